The molecule has 0 unspecified atom stereocenters. The van der Waals surface area contributed by atoms with Gasteiger partial charge in [-0.1, -0.05) is 6.08 Å². The molecule has 15 heteroatoms. The van der Waals surface area contributed by atoms with Gasteiger partial charge < -0.3 is 64.5 Å². The maximum atomic E-state index is 12.0. The zero-order valence-corrected chi connectivity index (χ0v) is 18.9. The van der Waals surface area contributed by atoms with Crippen LogP contribution >= 0.6 is 0 Å². The lowest BCUT2D eigenvalue weighted by atomic mass is 9.91. The normalized spacial score (nSPS) is 39.5. The summed E-state index contributed by atoms with van der Waals surface area (Å²) in [5.74, 6) is -8.40. The minimum absolute atomic E-state index is 0.277. The maximum Gasteiger partial charge on any atom is 0.364 e. The van der Waals surface area contributed by atoms with Crippen molar-refractivity contribution in [2.45, 2.75) is 73.2 Å². The zero-order chi connectivity index (χ0) is 26.6. The number of aliphatic carboxylic acids is 2. The molecule has 2 saturated heterocycles. The van der Waals surface area contributed by atoms with Crippen LogP contribution < -0.4 is 0 Å². The van der Waals surface area contributed by atoms with Gasteiger partial charge in [0, 0.05) is 20.0 Å². The van der Waals surface area contributed by atoms with Gasteiger partial charge in [-0.05, 0) is 0 Å². The zero-order valence-electron chi connectivity index (χ0n) is 18.9. The number of aliphatic hydroxyl groups is 6. The fourth-order valence-electron chi connectivity index (χ4n) is 3.90. The van der Waals surface area contributed by atoms with Gasteiger partial charge in [0.2, 0.25) is 0 Å². The molecule has 35 heavy (non-hydrogen) atoms. The fraction of sp³-hybridized carbons (Fsp3) is 0.800. The number of hydrogen-bond donors (Lipinski definition) is 8. The molecule has 2 aliphatic heterocycles. The Labute approximate surface area is 199 Å². The van der Waals surface area contributed by atoms with E-state index in [4.69, 9.17) is 23.7 Å². The van der Waals surface area contributed by atoms with E-state index in [2.05, 4.69) is 6.58 Å². The van der Waals surface area contributed by atoms with Crippen LogP contribution in [0.15, 0.2) is 12.7 Å². The molecule has 0 radical (unpaired) electrons. The lowest BCUT2D eigenvalue weighted by Crippen LogP contribution is -2.65. The standard InChI is InChI=1S/C20H32O15/c1-3-4-32-19(17(27)28)5-10(23)14(26)16(35-19)12(31-2)8-33-20(18(29)30)6-9(22)13(25)15(34-20)11(24)7-21/h3,9-16,21-26H,1,4-8H2,2H3,(H,27,28)(H,29,30)/t9-,10-,11-,12-,13-,14-,15-,16-,19-,20-/m1/s1. The van der Waals surface area contributed by atoms with E-state index in [1.165, 1.54) is 6.08 Å². The minimum atomic E-state index is -2.64. The molecular formula is C20H32O15. The third kappa shape index (κ3) is 6.15. The van der Waals surface area contributed by atoms with Gasteiger partial charge in [-0.3, -0.25) is 0 Å². The molecular weight excluding hydrogens is 480 g/mol. The third-order valence-corrected chi connectivity index (χ3v) is 5.87. The molecule has 0 aromatic rings. The molecule has 15 nitrogen and oxygen atoms in total. The number of carbonyl (C=O) groups is 2. The summed E-state index contributed by atoms with van der Waals surface area (Å²) in [6.45, 7) is 1.46. The van der Waals surface area contributed by atoms with Crippen molar-refractivity contribution >= 4 is 11.9 Å². The quantitative estimate of drug-likeness (QED) is 0.117. The van der Waals surface area contributed by atoms with E-state index in [0.717, 1.165) is 7.11 Å². The number of ether oxygens (including phenoxy) is 5. The summed E-state index contributed by atoms with van der Waals surface area (Å²) in [5.41, 5.74) is 0. The maximum absolute atomic E-state index is 12.0. The smallest absolute Gasteiger partial charge is 0.364 e. The van der Waals surface area contributed by atoms with Crippen molar-refractivity contribution in [1.82, 2.24) is 0 Å². The van der Waals surface area contributed by atoms with Crippen LogP contribution in [0, 0.1) is 0 Å². The van der Waals surface area contributed by atoms with Crippen molar-refractivity contribution in [2.75, 3.05) is 26.9 Å². The average Bonchev–Trinajstić information content (AvgIpc) is 2.82. The van der Waals surface area contributed by atoms with E-state index in [0.29, 0.717) is 0 Å². The van der Waals surface area contributed by atoms with E-state index in [9.17, 15) is 50.4 Å². The molecule has 2 heterocycles. The number of hydrogen-bond acceptors (Lipinski definition) is 13. The van der Waals surface area contributed by atoms with Gasteiger partial charge in [0.1, 0.15) is 36.6 Å². The first-order valence-corrected chi connectivity index (χ1v) is 10.6. The molecule has 0 saturated carbocycles. The molecule has 0 spiro atoms. The second kappa shape index (κ2) is 12.0. The van der Waals surface area contributed by atoms with Crippen molar-refractivity contribution in [1.29, 1.82) is 0 Å². The van der Waals surface area contributed by atoms with Crippen LogP contribution in [0.25, 0.3) is 0 Å². The Morgan fingerprint density at radius 3 is 1.94 bits per heavy atom. The van der Waals surface area contributed by atoms with Gasteiger partial charge in [0.15, 0.2) is 0 Å². The van der Waals surface area contributed by atoms with Gasteiger partial charge in [-0.25, -0.2) is 9.59 Å². The van der Waals surface area contributed by atoms with E-state index < -0.39 is 98.4 Å². The third-order valence-electron chi connectivity index (χ3n) is 5.87. The lowest BCUT2D eigenvalue weighted by molar-refractivity contribution is -0.343. The molecule has 0 bridgehead atoms. The highest BCUT2D eigenvalue weighted by molar-refractivity contribution is 5.76. The molecule has 10 atom stereocenters. The Morgan fingerprint density at radius 1 is 1.00 bits per heavy atom. The second-order valence-electron chi connectivity index (χ2n) is 8.24. The SMILES string of the molecule is C=CCO[C@]1(C(=O)O)C[C@@H](O)[C@@H](O)[C@@H]([C@@H](CO[C@]2(C(=O)O)C[C@@H](O)[C@@H](O)[C@@H]([C@H](O)CO)O2)OC)O1. The van der Waals surface area contributed by atoms with Gasteiger partial charge in [0.05, 0.1) is 32.0 Å². The van der Waals surface area contributed by atoms with Crippen molar-refractivity contribution in [2.24, 2.45) is 0 Å². The van der Waals surface area contributed by atoms with Gasteiger partial charge in [0.25, 0.3) is 11.6 Å². The molecule has 2 rings (SSSR count). The summed E-state index contributed by atoms with van der Waals surface area (Å²) in [5, 5.41) is 79.4. The Morgan fingerprint density at radius 2 is 1.49 bits per heavy atom. The number of methoxy groups -OCH3 is 1. The predicted molar refractivity (Wildman–Crippen MR) is 110 cm³/mol. The van der Waals surface area contributed by atoms with Crippen LogP contribution in [0.3, 0.4) is 0 Å². The Bertz CT molecular complexity index is 748. The lowest BCUT2D eigenvalue weighted by Gasteiger charge is -2.46. The van der Waals surface area contributed by atoms with Crippen LogP contribution in [0.2, 0.25) is 0 Å². The Balaban J connectivity index is 2.29. The van der Waals surface area contributed by atoms with Crippen LogP contribution in [0.5, 0.6) is 0 Å². The summed E-state index contributed by atoms with van der Waals surface area (Å²) >= 11 is 0. The van der Waals surface area contributed by atoms with E-state index in [-0.39, 0.29) is 6.61 Å². The number of rotatable bonds is 12. The molecule has 2 aliphatic rings. The molecule has 202 valence electrons. The van der Waals surface area contributed by atoms with E-state index in [1.807, 2.05) is 0 Å². The summed E-state index contributed by atoms with van der Waals surface area (Å²) in [7, 11) is 1.12. The minimum Gasteiger partial charge on any atom is -0.477 e. The van der Waals surface area contributed by atoms with Crippen molar-refractivity contribution in [3.8, 4) is 0 Å². The molecule has 0 aliphatic carbocycles. The van der Waals surface area contributed by atoms with Crippen LogP contribution in [0.4, 0.5) is 0 Å². The number of aliphatic hydroxyl groups excluding tert-OH is 6. The highest BCUT2D eigenvalue weighted by atomic mass is 16.7. The molecule has 0 aromatic heterocycles. The number of carboxylic acids is 2. The van der Waals surface area contributed by atoms with Crippen molar-refractivity contribution in [3.63, 3.8) is 0 Å². The van der Waals surface area contributed by atoms with Gasteiger partial charge >= 0.3 is 11.9 Å². The molecule has 2 fully saturated rings. The molecule has 0 amide bonds. The summed E-state index contributed by atoms with van der Waals surface area (Å²) < 4.78 is 26.6. The Hall–Kier alpha value is -1.76. The average molecular weight is 512 g/mol. The largest absolute Gasteiger partial charge is 0.477 e. The van der Waals surface area contributed by atoms with Crippen molar-refractivity contribution in [3.05, 3.63) is 12.7 Å². The van der Waals surface area contributed by atoms with Crippen LogP contribution in [0.1, 0.15) is 12.8 Å². The highest BCUT2D eigenvalue weighted by Gasteiger charge is 2.57. The van der Waals surface area contributed by atoms with E-state index in [1.54, 1.807) is 0 Å². The first-order valence-electron chi connectivity index (χ1n) is 10.6. The highest BCUT2D eigenvalue weighted by Crippen LogP contribution is 2.36. The Kier molecular flexibility index (Phi) is 10.1. The monoisotopic (exact) mass is 512 g/mol. The van der Waals surface area contributed by atoms with Gasteiger partial charge in [-0.2, -0.15) is 0 Å². The van der Waals surface area contributed by atoms with Crippen LogP contribution in [-0.4, -0.2) is 140 Å². The molecule has 8 N–H and O–H groups in total. The summed E-state index contributed by atoms with van der Waals surface area (Å²) in [6.07, 6.45) is -13.6. The first-order chi connectivity index (χ1) is 16.4. The summed E-state index contributed by atoms with van der Waals surface area (Å²) in [4.78, 5) is 23.9. The molecule has 0 aromatic carbocycles. The second-order valence-corrected chi connectivity index (χ2v) is 8.24. The van der Waals surface area contributed by atoms with Crippen LogP contribution in [-0.2, 0) is 33.3 Å². The topological polar surface area (TPSA) is 242 Å². The van der Waals surface area contributed by atoms with E-state index >= 15 is 0 Å². The fourth-order valence-corrected chi connectivity index (χ4v) is 3.90. The number of carboxylic acid groups (broad SMARTS) is 2. The first kappa shape index (κ1) is 29.5. The summed E-state index contributed by atoms with van der Waals surface area (Å²) in [6, 6.07) is 0. The van der Waals surface area contributed by atoms with Crippen molar-refractivity contribution < 1.29 is 74.1 Å². The van der Waals surface area contributed by atoms with Gasteiger partial charge in [-0.15, -0.1) is 6.58 Å². The predicted octanol–water partition coefficient (Wildman–Crippen LogP) is -3.84.